The fourth-order valence-electron chi connectivity index (χ4n) is 1.95. The lowest BCUT2D eigenvalue weighted by molar-refractivity contribution is 0.102. The van der Waals surface area contributed by atoms with Gasteiger partial charge in [-0.25, -0.2) is 0 Å². The normalized spacial score (nSPS) is 10.2. The minimum atomic E-state index is -0.285. The SMILES string of the molecule is N#Cc1ccc(NC(=O)c2n[nH]c3ccccc23)cc1. The fraction of sp³-hybridized carbons (Fsp3) is 0. The predicted octanol–water partition coefficient (Wildman–Crippen LogP) is 2.69. The molecule has 20 heavy (non-hydrogen) atoms. The van der Waals surface area contributed by atoms with E-state index in [2.05, 4.69) is 15.5 Å². The highest BCUT2D eigenvalue weighted by Gasteiger charge is 2.13. The number of nitrogens with one attached hydrogen (secondary N) is 2. The molecule has 0 bridgehead atoms. The molecule has 2 aromatic carbocycles. The Bertz CT molecular complexity index is 812. The van der Waals surface area contributed by atoms with E-state index in [-0.39, 0.29) is 5.91 Å². The number of aromatic nitrogens is 2. The highest BCUT2D eigenvalue weighted by atomic mass is 16.1. The molecule has 5 heteroatoms. The number of nitriles is 1. The first-order valence-electron chi connectivity index (χ1n) is 6.02. The minimum Gasteiger partial charge on any atom is -0.321 e. The average Bonchev–Trinajstić information content (AvgIpc) is 2.92. The number of hydrogen-bond donors (Lipinski definition) is 2. The van der Waals surface area contributed by atoms with Crippen LogP contribution >= 0.6 is 0 Å². The average molecular weight is 262 g/mol. The van der Waals surface area contributed by atoms with E-state index < -0.39 is 0 Å². The van der Waals surface area contributed by atoms with Crippen LogP contribution in [0.4, 0.5) is 5.69 Å². The van der Waals surface area contributed by atoms with E-state index in [0.717, 1.165) is 10.9 Å². The standard InChI is InChI=1S/C15H10N4O/c16-9-10-5-7-11(8-6-10)17-15(20)14-12-3-1-2-4-13(12)18-19-14/h1-8H,(H,17,20)(H,18,19). The Hall–Kier alpha value is -3.13. The van der Waals surface area contributed by atoms with E-state index in [4.69, 9.17) is 5.26 Å². The second kappa shape index (κ2) is 4.86. The number of H-pyrrole nitrogens is 1. The second-order valence-corrected chi connectivity index (χ2v) is 4.26. The first-order valence-corrected chi connectivity index (χ1v) is 6.02. The zero-order valence-corrected chi connectivity index (χ0v) is 10.4. The molecule has 3 aromatic rings. The van der Waals surface area contributed by atoms with E-state index in [0.29, 0.717) is 16.9 Å². The Labute approximate surface area is 114 Å². The van der Waals surface area contributed by atoms with Gasteiger partial charge in [-0.3, -0.25) is 9.89 Å². The van der Waals surface area contributed by atoms with Crippen molar-refractivity contribution in [2.45, 2.75) is 0 Å². The molecule has 2 N–H and O–H groups in total. The number of nitrogens with zero attached hydrogens (tertiary/aromatic N) is 2. The molecule has 0 fully saturated rings. The van der Waals surface area contributed by atoms with Crippen molar-refractivity contribution < 1.29 is 4.79 Å². The predicted molar refractivity (Wildman–Crippen MR) is 75.2 cm³/mol. The molecule has 0 atom stereocenters. The lowest BCUT2D eigenvalue weighted by atomic mass is 10.2. The summed E-state index contributed by atoms with van der Waals surface area (Å²) < 4.78 is 0. The number of hydrogen-bond acceptors (Lipinski definition) is 3. The number of amides is 1. The maximum Gasteiger partial charge on any atom is 0.276 e. The maximum atomic E-state index is 12.2. The summed E-state index contributed by atoms with van der Waals surface area (Å²) in [6, 6.07) is 16.1. The van der Waals surface area contributed by atoms with Gasteiger partial charge in [0.25, 0.3) is 5.91 Å². The largest absolute Gasteiger partial charge is 0.321 e. The van der Waals surface area contributed by atoms with Crippen LogP contribution in [-0.2, 0) is 0 Å². The smallest absolute Gasteiger partial charge is 0.276 e. The van der Waals surface area contributed by atoms with Crippen LogP contribution in [0.5, 0.6) is 0 Å². The highest BCUT2D eigenvalue weighted by molar-refractivity contribution is 6.11. The molecule has 5 nitrogen and oxygen atoms in total. The van der Waals surface area contributed by atoms with E-state index in [1.807, 2.05) is 30.3 Å². The molecule has 0 aliphatic rings. The number of fused-ring (bicyclic) bond motifs is 1. The van der Waals surface area contributed by atoms with E-state index in [1.165, 1.54) is 0 Å². The number of anilines is 1. The number of para-hydroxylation sites is 1. The zero-order valence-electron chi connectivity index (χ0n) is 10.4. The van der Waals surface area contributed by atoms with Crippen molar-refractivity contribution in [3.63, 3.8) is 0 Å². The summed E-state index contributed by atoms with van der Waals surface area (Å²) in [7, 11) is 0. The van der Waals surface area contributed by atoms with Crippen molar-refractivity contribution in [3.05, 3.63) is 59.8 Å². The number of carbonyl (C=O) groups is 1. The monoisotopic (exact) mass is 262 g/mol. The van der Waals surface area contributed by atoms with E-state index >= 15 is 0 Å². The van der Waals surface area contributed by atoms with Crippen molar-refractivity contribution >= 4 is 22.5 Å². The molecular weight excluding hydrogens is 252 g/mol. The quantitative estimate of drug-likeness (QED) is 0.745. The Morgan fingerprint density at radius 1 is 1.15 bits per heavy atom. The van der Waals surface area contributed by atoms with Crippen LogP contribution in [0.25, 0.3) is 10.9 Å². The van der Waals surface area contributed by atoms with Gasteiger partial charge in [-0.2, -0.15) is 10.4 Å². The Kier molecular flexibility index (Phi) is 2.90. The van der Waals surface area contributed by atoms with Gasteiger partial charge >= 0.3 is 0 Å². The molecule has 0 aliphatic carbocycles. The fourth-order valence-corrected chi connectivity index (χ4v) is 1.95. The van der Waals surface area contributed by atoms with Crippen LogP contribution in [0.3, 0.4) is 0 Å². The molecule has 3 rings (SSSR count). The van der Waals surface area contributed by atoms with E-state index in [9.17, 15) is 4.79 Å². The van der Waals surface area contributed by atoms with Gasteiger partial charge < -0.3 is 5.32 Å². The van der Waals surface area contributed by atoms with Gasteiger partial charge in [-0.1, -0.05) is 18.2 Å². The number of aromatic amines is 1. The third-order valence-electron chi connectivity index (χ3n) is 2.96. The van der Waals surface area contributed by atoms with Gasteiger partial charge in [-0.15, -0.1) is 0 Å². The third-order valence-corrected chi connectivity index (χ3v) is 2.96. The van der Waals surface area contributed by atoms with E-state index in [1.54, 1.807) is 24.3 Å². The molecule has 1 heterocycles. The number of benzene rings is 2. The van der Waals surface area contributed by atoms with Crippen molar-refractivity contribution in [2.75, 3.05) is 5.32 Å². The Morgan fingerprint density at radius 2 is 1.90 bits per heavy atom. The summed E-state index contributed by atoms with van der Waals surface area (Å²) in [6.45, 7) is 0. The van der Waals surface area contributed by atoms with Crippen LogP contribution in [0, 0.1) is 11.3 Å². The summed E-state index contributed by atoms with van der Waals surface area (Å²) in [5, 5.41) is 19.1. The Balaban J connectivity index is 1.87. The molecule has 96 valence electrons. The molecule has 1 aromatic heterocycles. The van der Waals surface area contributed by atoms with Gasteiger partial charge in [0.1, 0.15) is 0 Å². The molecule has 0 spiro atoms. The molecule has 0 aliphatic heterocycles. The topological polar surface area (TPSA) is 81.6 Å². The van der Waals surface area contributed by atoms with Gasteiger partial charge in [0.2, 0.25) is 0 Å². The van der Waals surface area contributed by atoms with Crippen molar-refractivity contribution in [1.82, 2.24) is 10.2 Å². The Morgan fingerprint density at radius 3 is 2.65 bits per heavy atom. The first kappa shape index (κ1) is 11.9. The highest BCUT2D eigenvalue weighted by Crippen LogP contribution is 2.17. The summed E-state index contributed by atoms with van der Waals surface area (Å²) in [5.74, 6) is -0.285. The lowest BCUT2D eigenvalue weighted by Gasteiger charge is -2.03. The molecule has 0 radical (unpaired) electrons. The minimum absolute atomic E-state index is 0.285. The molecule has 0 saturated carbocycles. The number of rotatable bonds is 2. The van der Waals surface area contributed by atoms with Gasteiger partial charge in [0.15, 0.2) is 5.69 Å². The summed E-state index contributed by atoms with van der Waals surface area (Å²) >= 11 is 0. The maximum absolute atomic E-state index is 12.2. The first-order chi connectivity index (χ1) is 9.78. The molecular formula is C15H10N4O. The second-order valence-electron chi connectivity index (χ2n) is 4.26. The molecule has 1 amide bonds. The van der Waals surface area contributed by atoms with Crippen LogP contribution in [-0.4, -0.2) is 16.1 Å². The van der Waals surface area contributed by atoms with Crippen LogP contribution in [0.1, 0.15) is 16.1 Å². The van der Waals surface area contributed by atoms with Crippen molar-refractivity contribution in [2.24, 2.45) is 0 Å². The van der Waals surface area contributed by atoms with Crippen LogP contribution in [0.15, 0.2) is 48.5 Å². The molecule has 0 saturated heterocycles. The van der Waals surface area contributed by atoms with Gasteiger partial charge in [0.05, 0.1) is 17.1 Å². The van der Waals surface area contributed by atoms with Crippen molar-refractivity contribution in [1.29, 1.82) is 5.26 Å². The van der Waals surface area contributed by atoms with Crippen molar-refractivity contribution in [3.8, 4) is 6.07 Å². The van der Waals surface area contributed by atoms with Crippen LogP contribution < -0.4 is 5.32 Å². The summed E-state index contributed by atoms with van der Waals surface area (Å²) in [5.41, 5.74) is 2.34. The summed E-state index contributed by atoms with van der Waals surface area (Å²) in [6.07, 6.45) is 0. The number of carbonyl (C=O) groups excluding carboxylic acids is 1. The van der Waals surface area contributed by atoms with Gasteiger partial charge in [0, 0.05) is 11.1 Å². The van der Waals surface area contributed by atoms with Gasteiger partial charge in [-0.05, 0) is 30.3 Å². The lowest BCUT2D eigenvalue weighted by Crippen LogP contribution is -2.12. The molecule has 0 unspecified atom stereocenters. The van der Waals surface area contributed by atoms with Crippen LogP contribution in [0.2, 0.25) is 0 Å². The zero-order chi connectivity index (χ0) is 13.9. The third kappa shape index (κ3) is 2.10. The summed E-state index contributed by atoms with van der Waals surface area (Å²) in [4.78, 5) is 12.2.